The zero-order valence-electron chi connectivity index (χ0n) is 11.8. The van der Waals surface area contributed by atoms with Crippen molar-refractivity contribution < 1.29 is 14.3 Å². The van der Waals surface area contributed by atoms with Crippen LogP contribution in [0.1, 0.15) is 16.1 Å². The molecule has 0 amide bonds. The van der Waals surface area contributed by atoms with E-state index < -0.39 is 5.97 Å². The smallest absolute Gasteiger partial charge is 0.358 e. The third-order valence-electron chi connectivity index (χ3n) is 3.00. The van der Waals surface area contributed by atoms with Gasteiger partial charge in [0.25, 0.3) is 0 Å². The van der Waals surface area contributed by atoms with Crippen LogP contribution in [-0.4, -0.2) is 18.1 Å². The summed E-state index contributed by atoms with van der Waals surface area (Å²) < 4.78 is 10.5. The van der Waals surface area contributed by atoms with Gasteiger partial charge in [0.15, 0.2) is 5.69 Å². The molecule has 4 nitrogen and oxygen atoms in total. The van der Waals surface area contributed by atoms with Crippen molar-refractivity contribution in [2.45, 2.75) is 6.61 Å². The van der Waals surface area contributed by atoms with Crippen molar-refractivity contribution in [1.29, 1.82) is 0 Å². The SMILES string of the molecule is COc1ccccc1COC(=O)c1csc(-c2cccs2)n1. The van der Waals surface area contributed by atoms with Crippen LogP contribution in [0.2, 0.25) is 0 Å². The Kier molecular flexibility index (Phi) is 4.50. The number of ether oxygens (including phenoxy) is 2. The summed E-state index contributed by atoms with van der Waals surface area (Å²) in [5, 5.41) is 4.54. The molecular weight excluding hydrogens is 318 g/mol. The molecule has 0 unspecified atom stereocenters. The van der Waals surface area contributed by atoms with E-state index in [1.807, 2.05) is 41.8 Å². The molecule has 0 atom stereocenters. The number of nitrogens with zero attached hydrogens (tertiary/aromatic N) is 1. The minimum Gasteiger partial charge on any atom is -0.496 e. The highest BCUT2D eigenvalue weighted by Gasteiger charge is 2.14. The van der Waals surface area contributed by atoms with Gasteiger partial charge in [-0.1, -0.05) is 24.3 Å². The first kappa shape index (κ1) is 14.7. The summed E-state index contributed by atoms with van der Waals surface area (Å²) >= 11 is 3.03. The van der Waals surface area contributed by atoms with Crippen LogP contribution in [0.15, 0.2) is 47.2 Å². The maximum Gasteiger partial charge on any atom is 0.358 e. The summed E-state index contributed by atoms with van der Waals surface area (Å²) in [4.78, 5) is 17.5. The Labute approximate surface area is 136 Å². The fourth-order valence-corrected chi connectivity index (χ4v) is 3.52. The van der Waals surface area contributed by atoms with E-state index >= 15 is 0 Å². The summed E-state index contributed by atoms with van der Waals surface area (Å²) in [6.45, 7) is 0.161. The number of carbonyl (C=O) groups excluding carboxylic acids is 1. The van der Waals surface area contributed by atoms with Crippen LogP contribution < -0.4 is 4.74 Å². The zero-order valence-corrected chi connectivity index (χ0v) is 13.4. The molecule has 0 fully saturated rings. The second kappa shape index (κ2) is 6.72. The second-order valence-electron chi connectivity index (χ2n) is 4.40. The second-order valence-corrected chi connectivity index (χ2v) is 6.21. The highest BCUT2D eigenvalue weighted by atomic mass is 32.1. The van der Waals surface area contributed by atoms with E-state index in [1.54, 1.807) is 23.8 Å². The van der Waals surface area contributed by atoms with E-state index in [1.165, 1.54) is 11.3 Å². The molecule has 0 aliphatic carbocycles. The van der Waals surface area contributed by atoms with Crippen molar-refractivity contribution in [3.8, 4) is 15.6 Å². The summed E-state index contributed by atoms with van der Waals surface area (Å²) in [6.07, 6.45) is 0. The van der Waals surface area contributed by atoms with Crippen molar-refractivity contribution in [3.05, 3.63) is 58.4 Å². The molecular formula is C16H13NO3S2. The van der Waals surface area contributed by atoms with Crippen LogP contribution >= 0.6 is 22.7 Å². The van der Waals surface area contributed by atoms with Gasteiger partial charge in [-0.05, 0) is 17.5 Å². The Morgan fingerprint density at radius 3 is 2.82 bits per heavy atom. The van der Waals surface area contributed by atoms with Crippen LogP contribution in [0.25, 0.3) is 9.88 Å². The Hall–Kier alpha value is -2.18. The van der Waals surface area contributed by atoms with Crippen LogP contribution in [-0.2, 0) is 11.3 Å². The van der Waals surface area contributed by atoms with Crippen LogP contribution in [0, 0.1) is 0 Å². The number of thiophene rings is 1. The Morgan fingerprint density at radius 1 is 1.18 bits per heavy atom. The number of rotatable bonds is 5. The van der Waals surface area contributed by atoms with Gasteiger partial charge in [0.2, 0.25) is 0 Å². The normalized spacial score (nSPS) is 10.4. The summed E-state index contributed by atoms with van der Waals surface area (Å²) in [6, 6.07) is 11.4. The van der Waals surface area contributed by atoms with E-state index in [9.17, 15) is 4.79 Å². The number of para-hydroxylation sites is 1. The number of methoxy groups -OCH3 is 1. The number of benzene rings is 1. The first-order chi connectivity index (χ1) is 10.8. The van der Waals surface area contributed by atoms with Crippen molar-refractivity contribution in [3.63, 3.8) is 0 Å². The van der Waals surface area contributed by atoms with Gasteiger partial charge in [0.1, 0.15) is 17.4 Å². The molecule has 0 N–H and O–H groups in total. The average molecular weight is 331 g/mol. The predicted octanol–water partition coefficient (Wildman–Crippen LogP) is 4.24. The molecule has 112 valence electrons. The first-order valence-corrected chi connectivity index (χ1v) is 8.32. The molecule has 0 saturated heterocycles. The van der Waals surface area contributed by atoms with Gasteiger partial charge in [-0.15, -0.1) is 22.7 Å². The maximum atomic E-state index is 12.1. The van der Waals surface area contributed by atoms with Gasteiger partial charge in [0, 0.05) is 10.9 Å². The fourth-order valence-electron chi connectivity index (χ4n) is 1.92. The maximum absolute atomic E-state index is 12.1. The lowest BCUT2D eigenvalue weighted by atomic mass is 10.2. The molecule has 0 radical (unpaired) electrons. The third kappa shape index (κ3) is 3.18. The minimum atomic E-state index is -0.426. The molecule has 1 aromatic carbocycles. The van der Waals surface area contributed by atoms with Crippen molar-refractivity contribution in [2.24, 2.45) is 0 Å². The molecule has 2 heterocycles. The minimum absolute atomic E-state index is 0.161. The van der Waals surface area contributed by atoms with Crippen LogP contribution in [0.3, 0.4) is 0 Å². The average Bonchev–Trinajstić information content (AvgIpc) is 3.23. The zero-order chi connectivity index (χ0) is 15.4. The standard InChI is InChI=1S/C16H13NO3S2/c1-19-13-6-3-2-5-11(13)9-20-16(18)12-10-22-15(17-12)14-7-4-8-21-14/h2-8,10H,9H2,1H3. The van der Waals surface area contributed by atoms with Crippen LogP contribution in [0.4, 0.5) is 0 Å². The van der Waals surface area contributed by atoms with Gasteiger partial charge in [-0.25, -0.2) is 9.78 Å². The van der Waals surface area contributed by atoms with E-state index in [2.05, 4.69) is 4.98 Å². The van der Waals surface area contributed by atoms with E-state index in [0.717, 1.165) is 15.4 Å². The van der Waals surface area contributed by atoms with Gasteiger partial charge >= 0.3 is 5.97 Å². The number of aromatic nitrogens is 1. The largest absolute Gasteiger partial charge is 0.496 e. The number of hydrogen-bond acceptors (Lipinski definition) is 6. The highest BCUT2D eigenvalue weighted by molar-refractivity contribution is 7.20. The molecule has 0 bridgehead atoms. The third-order valence-corrected chi connectivity index (χ3v) is 4.88. The molecule has 0 aliphatic rings. The molecule has 0 saturated carbocycles. The monoisotopic (exact) mass is 331 g/mol. The van der Waals surface area contributed by atoms with Gasteiger partial charge < -0.3 is 9.47 Å². The topological polar surface area (TPSA) is 48.4 Å². The van der Waals surface area contributed by atoms with Crippen molar-refractivity contribution >= 4 is 28.6 Å². The van der Waals surface area contributed by atoms with Crippen molar-refractivity contribution in [1.82, 2.24) is 4.98 Å². The lowest BCUT2D eigenvalue weighted by Gasteiger charge is -2.08. The van der Waals surface area contributed by atoms with Gasteiger partial charge in [-0.2, -0.15) is 0 Å². The van der Waals surface area contributed by atoms with Crippen LogP contribution in [0.5, 0.6) is 5.75 Å². The quantitative estimate of drug-likeness (QED) is 0.656. The molecule has 6 heteroatoms. The lowest BCUT2D eigenvalue weighted by molar-refractivity contribution is 0.0464. The molecule has 3 rings (SSSR count). The molecule has 2 aromatic heterocycles. The molecule has 3 aromatic rings. The summed E-state index contributed by atoms with van der Waals surface area (Å²) in [7, 11) is 1.59. The molecule has 0 aliphatic heterocycles. The number of carbonyl (C=O) groups is 1. The first-order valence-electron chi connectivity index (χ1n) is 6.56. The van der Waals surface area contributed by atoms with E-state index in [4.69, 9.17) is 9.47 Å². The molecule has 0 spiro atoms. The fraction of sp³-hybridized carbons (Fsp3) is 0.125. The summed E-state index contributed by atoms with van der Waals surface area (Å²) in [5.41, 5.74) is 1.16. The summed E-state index contributed by atoms with van der Waals surface area (Å²) in [5.74, 6) is 0.276. The Bertz CT molecular complexity index is 765. The van der Waals surface area contributed by atoms with Gasteiger partial charge in [0.05, 0.1) is 12.0 Å². The van der Waals surface area contributed by atoms with Gasteiger partial charge in [-0.3, -0.25) is 0 Å². The number of hydrogen-bond donors (Lipinski definition) is 0. The predicted molar refractivity (Wildman–Crippen MR) is 87.5 cm³/mol. The lowest BCUT2D eigenvalue weighted by Crippen LogP contribution is -2.06. The Morgan fingerprint density at radius 2 is 2.05 bits per heavy atom. The number of thiazole rings is 1. The number of esters is 1. The molecule has 22 heavy (non-hydrogen) atoms. The Balaban J connectivity index is 1.67. The van der Waals surface area contributed by atoms with E-state index in [0.29, 0.717) is 11.4 Å². The van der Waals surface area contributed by atoms with Crippen molar-refractivity contribution in [2.75, 3.05) is 7.11 Å². The highest BCUT2D eigenvalue weighted by Crippen LogP contribution is 2.28. The van der Waals surface area contributed by atoms with E-state index in [-0.39, 0.29) is 6.61 Å².